The molecule has 0 atom stereocenters. The third-order valence-corrected chi connectivity index (χ3v) is 5.06. The molecule has 0 unspecified atom stereocenters. The molecule has 0 aliphatic rings. The Hall–Kier alpha value is -2.31. The van der Waals surface area contributed by atoms with Crippen LogP contribution in [0.15, 0.2) is 36.4 Å². The Morgan fingerprint density at radius 1 is 0.721 bits per heavy atom. The van der Waals surface area contributed by atoms with Crippen LogP contribution < -0.4 is 9.47 Å². The number of hydrogen-bond acceptors (Lipinski definition) is 10. The van der Waals surface area contributed by atoms with Crippen LogP contribution in [0.4, 0.5) is 0 Å². The van der Waals surface area contributed by atoms with E-state index in [1.54, 1.807) is 38.5 Å². The molecule has 1 N–H and O–H groups in total. The van der Waals surface area contributed by atoms with Crippen LogP contribution in [0.2, 0.25) is 15.1 Å². The summed E-state index contributed by atoms with van der Waals surface area (Å²) in [4.78, 5) is 23.3. The number of carbonyl (C=O) groups excluding carboxylic acids is 2. The first-order chi connectivity index (χ1) is 20.7. The highest BCUT2D eigenvalue weighted by atomic mass is 35.5. The van der Waals surface area contributed by atoms with E-state index in [1.165, 1.54) is 6.07 Å². The molecule has 0 aliphatic carbocycles. The molecule has 0 fully saturated rings. The second-order valence-electron chi connectivity index (χ2n) is 7.88. The molecular weight excluding hydrogens is 627 g/mol. The van der Waals surface area contributed by atoms with E-state index in [9.17, 15) is 9.59 Å². The smallest absolute Gasteiger partial charge is 0.344 e. The minimum Gasteiger partial charge on any atom is -0.480 e. The average molecular weight is 672 g/mol. The van der Waals surface area contributed by atoms with Crippen molar-refractivity contribution in [1.29, 1.82) is 0 Å². The van der Waals surface area contributed by atoms with Crippen molar-refractivity contribution in [2.24, 2.45) is 0 Å². The van der Waals surface area contributed by atoms with Gasteiger partial charge in [-0.3, -0.25) is 0 Å². The van der Waals surface area contributed by atoms with Gasteiger partial charge in [0.1, 0.15) is 24.7 Å². The average Bonchev–Trinajstić information content (AvgIpc) is 2.98. The first-order valence-electron chi connectivity index (χ1n) is 13.6. The molecule has 0 saturated carbocycles. The number of aliphatic hydroxyl groups is 1. The van der Waals surface area contributed by atoms with Crippen molar-refractivity contribution in [3.05, 3.63) is 57.0 Å². The molecule has 0 aliphatic heterocycles. The van der Waals surface area contributed by atoms with Crippen LogP contribution in [0.25, 0.3) is 0 Å². The number of methoxy groups -OCH3 is 1. The Bertz CT molecular complexity index is 917. The Morgan fingerprint density at radius 2 is 1.19 bits per heavy atom. The summed E-state index contributed by atoms with van der Waals surface area (Å²) in [5, 5.41) is 9.35. The largest absolute Gasteiger partial charge is 0.480 e. The molecular formula is C30H45Cl3O10. The van der Waals surface area contributed by atoms with Crippen molar-refractivity contribution in [1.82, 2.24) is 0 Å². The van der Waals surface area contributed by atoms with Gasteiger partial charge in [-0.05, 0) is 49.2 Å². The van der Waals surface area contributed by atoms with Crippen molar-refractivity contribution < 1.29 is 47.9 Å². The molecule has 0 heterocycles. The number of hydrogen-bond donors (Lipinski definition) is 1. The van der Waals surface area contributed by atoms with Crippen molar-refractivity contribution in [2.45, 2.75) is 34.1 Å². The van der Waals surface area contributed by atoms with E-state index in [2.05, 4.69) is 4.74 Å². The normalized spacial score (nSPS) is 9.63. The Balaban J connectivity index is 0. The van der Waals surface area contributed by atoms with Crippen molar-refractivity contribution in [3.63, 3.8) is 0 Å². The van der Waals surface area contributed by atoms with Gasteiger partial charge < -0.3 is 38.3 Å². The van der Waals surface area contributed by atoms with E-state index in [1.807, 2.05) is 33.8 Å². The highest BCUT2D eigenvalue weighted by molar-refractivity contribution is 6.35. The molecule has 43 heavy (non-hydrogen) atoms. The lowest BCUT2D eigenvalue weighted by Gasteiger charge is -2.10. The summed E-state index contributed by atoms with van der Waals surface area (Å²) in [6.07, 6.45) is 1.03. The third-order valence-electron chi connectivity index (χ3n) is 4.24. The maximum Gasteiger partial charge on any atom is 0.344 e. The van der Waals surface area contributed by atoms with Gasteiger partial charge in [-0.1, -0.05) is 61.6 Å². The maximum atomic E-state index is 11.7. The van der Waals surface area contributed by atoms with Gasteiger partial charge in [0.15, 0.2) is 13.2 Å². The number of ether oxygens (including phenoxy) is 7. The Labute approximate surface area is 270 Å². The lowest BCUT2D eigenvalue weighted by Crippen LogP contribution is -2.20. The second-order valence-corrected chi connectivity index (χ2v) is 9.13. The van der Waals surface area contributed by atoms with Gasteiger partial charge in [0.05, 0.1) is 36.5 Å². The SMILES string of the molecule is CC.CCCOCCO.COC.Cc1ccc(OCC(=O)OCCOCCOC(=O)COc2ccc(Cl)cc2Cl)c(Cl)c1. The van der Waals surface area contributed by atoms with Gasteiger partial charge in [0.2, 0.25) is 0 Å². The Morgan fingerprint density at radius 3 is 1.63 bits per heavy atom. The predicted molar refractivity (Wildman–Crippen MR) is 169 cm³/mol. The summed E-state index contributed by atoms with van der Waals surface area (Å²) < 4.78 is 34.9. The molecule has 0 amide bonds. The summed E-state index contributed by atoms with van der Waals surface area (Å²) in [6.45, 7) is 9.10. The number of aliphatic hydroxyl groups excluding tert-OH is 1. The molecule has 0 radical (unpaired) electrons. The fourth-order valence-electron chi connectivity index (χ4n) is 2.51. The van der Waals surface area contributed by atoms with Gasteiger partial charge >= 0.3 is 11.9 Å². The first-order valence-corrected chi connectivity index (χ1v) is 14.8. The number of halogens is 3. The second kappa shape index (κ2) is 29.7. The van der Waals surface area contributed by atoms with Crippen LogP contribution in [0.1, 0.15) is 32.8 Å². The lowest BCUT2D eigenvalue weighted by molar-refractivity contribution is -0.149. The zero-order valence-electron chi connectivity index (χ0n) is 25.8. The number of rotatable bonds is 16. The first kappa shape index (κ1) is 42.8. The quantitative estimate of drug-likeness (QED) is 0.163. The fraction of sp³-hybridized carbons (Fsp3) is 0.533. The van der Waals surface area contributed by atoms with Crippen molar-refractivity contribution in [3.8, 4) is 11.5 Å². The van der Waals surface area contributed by atoms with E-state index < -0.39 is 11.9 Å². The van der Waals surface area contributed by atoms with E-state index in [0.717, 1.165) is 18.6 Å². The van der Waals surface area contributed by atoms with Gasteiger partial charge in [0.25, 0.3) is 0 Å². The van der Waals surface area contributed by atoms with Gasteiger partial charge in [0, 0.05) is 25.8 Å². The van der Waals surface area contributed by atoms with Crippen LogP contribution in [0, 0.1) is 6.92 Å². The Kier molecular flexibility index (Phi) is 29.6. The lowest BCUT2D eigenvalue weighted by atomic mass is 10.2. The molecule has 0 bridgehead atoms. The number of esters is 2. The highest BCUT2D eigenvalue weighted by Gasteiger charge is 2.09. The number of benzene rings is 2. The van der Waals surface area contributed by atoms with E-state index in [0.29, 0.717) is 33.2 Å². The monoisotopic (exact) mass is 670 g/mol. The number of aryl methyl sites for hydroxylation is 1. The van der Waals surface area contributed by atoms with Crippen molar-refractivity contribution >= 4 is 46.7 Å². The summed E-state index contributed by atoms with van der Waals surface area (Å²) in [7, 11) is 3.25. The summed E-state index contributed by atoms with van der Waals surface area (Å²) >= 11 is 17.8. The molecule has 0 saturated heterocycles. The summed E-state index contributed by atoms with van der Waals surface area (Å²) in [5.74, 6) is -0.392. The minimum atomic E-state index is -0.576. The molecule has 0 aromatic heterocycles. The van der Waals surface area contributed by atoms with Crippen LogP contribution in [0.5, 0.6) is 11.5 Å². The van der Waals surface area contributed by atoms with Crippen LogP contribution in [-0.4, -0.2) is 90.7 Å². The van der Waals surface area contributed by atoms with Crippen LogP contribution in [0.3, 0.4) is 0 Å². The van der Waals surface area contributed by atoms with Crippen molar-refractivity contribution in [2.75, 3.05) is 73.7 Å². The van der Waals surface area contributed by atoms with Gasteiger partial charge in [-0.25, -0.2) is 9.59 Å². The summed E-state index contributed by atoms with van der Waals surface area (Å²) in [5.41, 5.74) is 0.987. The molecule has 2 aromatic rings. The third kappa shape index (κ3) is 24.8. The van der Waals surface area contributed by atoms with E-state index in [-0.39, 0.29) is 46.2 Å². The van der Waals surface area contributed by atoms with E-state index in [4.69, 9.17) is 68.3 Å². The topological polar surface area (TPSA) is 119 Å². The molecule has 246 valence electrons. The maximum absolute atomic E-state index is 11.7. The highest BCUT2D eigenvalue weighted by Crippen LogP contribution is 2.27. The fourth-order valence-corrected chi connectivity index (χ4v) is 3.27. The van der Waals surface area contributed by atoms with E-state index >= 15 is 0 Å². The zero-order valence-corrected chi connectivity index (χ0v) is 28.1. The van der Waals surface area contributed by atoms with Gasteiger partial charge in [-0.2, -0.15) is 0 Å². The minimum absolute atomic E-state index is 0.0273. The van der Waals surface area contributed by atoms with Gasteiger partial charge in [-0.15, -0.1) is 0 Å². The molecule has 2 rings (SSSR count). The van der Waals surface area contributed by atoms with Crippen LogP contribution >= 0.6 is 34.8 Å². The van der Waals surface area contributed by atoms with Crippen LogP contribution in [-0.2, 0) is 33.3 Å². The number of carbonyl (C=O) groups is 2. The molecule has 13 heteroatoms. The predicted octanol–water partition coefficient (Wildman–Crippen LogP) is 6.21. The summed E-state index contributed by atoms with van der Waals surface area (Å²) in [6, 6.07) is 9.91. The molecule has 2 aromatic carbocycles. The zero-order chi connectivity index (χ0) is 32.9. The standard InChI is InChI=1S/C21H21Cl3O7.C5H12O2.C2H6O.C2H6/c1-14-2-4-18(16(23)10-14)30-12-20(25)28-8-6-27-7-9-29-21(26)13-31-19-5-3-15(22)11-17(19)24;1-2-4-7-5-3-6;1-3-2;1-2/h2-5,10-11H,6-9,12-13H2,1H3;6H,2-5H2,1H3;1-2H3;1-2H3. The molecule has 10 nitrogen and oxygen atoms in total. The molecule has 0 spiro atoms.